The summed E-state index contributed by atoms with van der Waals surface area (Å²) >= 11 is 8.65. The average molecular weight is 364 g/mol. The lowest BCUT2D eigenvalue weighted by atomic mass is 10.0. The molecule has 0 aliphatic carbocycles. The summed E-state index contributed by atoms with van der Waals surface area (Å²) in [6, 6.07) is 6.02. The van der Waals surface area contributed by atoms with E-state index in [-0.39, 0.29) is 15.1 Å². The summed E-state index contributed by atoms with van der Waals surface area (Å²) < 4.78 is 40.9. The summed E-state index contributed by atoms with van der Waals surface area (Å²) in [5, 5.41) is 0.0363. The van der Waals surface area contributed by atoms with Gasteiger partial charge in [0.2, 0.25) is 0 Å². The lowest BCUT2D eigenvalue weighted by molar-refractivity contribution is 0.0983. The van der Waals surface area contributed by atoms with Gasteiger partial charge in [-0.1, -0.05) is 17.7 Å². The highest BCUT2D eigenvalue weighted by molar-refractivity contribution is 9.10. The maximum absolute atomic E-state index is 13.8. The SMILES string of the molecule is O=C(Cc1c(F)cccc1Cl)c1c(F)ccc(Br)c1F. The maximum Gasteiger partial charge on any atom is 0.173 e. The molecule has 0 aromatic heterocycles. The highest BCUT2D eigenvalue weighted by Crippen LogP contribution is 2.25. The van der Waals surface area contributed by atoms with Crippen molar-refractivity contribution in [2.45, 2.75) is 6.42 Å². The fourth-order valence-corrected chi connectivity index (χ4v) is 2.29. The Bertz CT molecular complexity index is 668. The fraction of sp³-hybridized carbons (Fsp3) is 0.0714. The van der Waals surface area contributed by atoms with Crippen LogP contribution in [0.3, 0.4) is 0 Å². The van der Waals surface area contributed by atoms with Crippen LogP contribution in [0.2, 0.25) is 5.02 Å². The molecule has 0 heterocycles. The fourth-order valence-electron chi connectivity index (χ4n) is 1.73. The molecule has 0 amide bonds. The number of hydrogen-bond donors (Lipinski definition) is 0. The van der Waals surface area contributed by atoms with Gasteiger partial charge in [0.05, 0.1) is 10.0 Å². The Morgan fingerprint density at radius 2 is 1.80 bits per heavy atom. The van der Waals surface area contributed by atoms with Crippen molar-refractivity contribution in [3.05, 3.63) is 68.4 Å². The van der Waals surface area contributed by atoms with Crippen molar-refractivity contribution in [2.75, 3.05) is 0 Å². The van der Waals surface area contributed by atoms with Crippen LogP contribution in [-0.2, 0) is 6.42 Å². The molecule has 0 saturated heterocycles. The quantitative estimate of drug-likeness (QED) is 0.557. The molecule has 1 nitrogen and oxygen atoms in total. The van der Waals surface area contributed by atoms with E-state index < -0.39 is 35.2 Å². The number of ketones is 1. The van der Waals surface area contributed by atoms with Crippen molar-refractivity contribution in [1.29, 1.82) is 0 Å². The van der Waals surface area contributed by atoms with E-state index in [1.165, 1.54) is 12.1 Å². The first-order valence-corrected chi connectivity index (χ1v) is 6.68. The van der Waals surface area contributed by atoms with Crippen LogP contribution in [0, 0.1) is 17.5 Å². The van der Waals surface area contributed by atoms with Gasteiger partial charge in [-0.3, -0.25) is 4.79 Å². The zero-order chi connectivity index (χ0) is 14.9. The van der Waals surface area contributed by atoms with E-state index in [4.69, 9.17) is 11.6 Å². The first-order chi connectivity index (χ1) is 9.41. The zero-order valence-corrected chi connectivity index (χ0v) is 12.2. The molecule has 0 radical (unpaired) electrons. The Labute approximate surface area is 126 Å². The molecule has 2 rings (SSSR count). The van der Waals surface area contributed by atoms with E-state index in [0.717, 1.165) is 18.2 Å². The van der Waals surface area contributed by atoms with Gasteiger partial charge in [-0.2, -0.15) is 0 Å². The summed E-state index contributed by atoms with van der Waals surface area (Å²) in [5.74, 6) is -3.58. The molecule has 0 bridgehead atoms. The summed E-state index contributed by atoms with van der Waals surface area (Å²) in [4.78, 5) is 12.0. The van der Waals surface area contributed by atoms with Crippen molar-refractivity contribution in [1.82, 2.24) is 0 Å². The number of halogens is 5. The molecule has 0 saturated carbocycles. The molecule has 0 aliphatic heterocycles. The molecule has 20 heavy (non-hydrogen) atoms. The molecule has 2 aromatic rings. The Morgan fingerprint density at radius 1 is 1.10 bits per heavy atom. The van der Waals surface area contributed by atoms with E-state index in [9.17, 15) is 18.0 Å². The second-order valence-corrected chi connectivity index (χ2v) is 5.28. The van der Waals surface area contributed by atoms with Gasteiger partial charge in [0, 0.05) is 17.0 Å². The Kier molecular flexibility index (Phi) is 4.50. The standard InChI is InChI=1S/C14H7BrClF3O/c15-8-4-5-11(18)13(14(8)19)12(20)6-7-9(16)2-1-3-10(7)17/h1-5H,6H2. The monoisotopic (exact) mass is 362 g/mol. The van der Waals surface area contributed by atoms with Crippen molar-refractivity contribution in [3.8, 4) is 0 Å². The van der Waals surface area contributed by atoms with Crippen LogP contribution < -0.4 is 0 Å². The summed E-state index contributed by atoms with van der Waals surface area (Å²) in [6.45, 7) is 0. The van der Waals surface area contributed by atoms with Gasteiger partial charge in [-0.05, 0) is 40.2 Å². The van der Waals surface area contributed by atoms with Gasteiger partial charge >= 0.3 is 0 Å². The lowest BCUT2D eigenvalue weighted by Crippen LogP contribution is -2.11. The van der Waals surface area contributed by atoms with Gasteiger partial charge in [0.1, 0.15) is 11.6 Å². The van der Waals surface area contributed by atoms with E-state index in [1.807, 2.05) is 0 Å². The number of rotatable bonds is 3. The molecule has 104 valence electrons. The smallest absolute Gasteiger partial charge is 0.173 e. The summed E-state index contributed by atoms with van der Waals surface area (Å²) in [6.07, 6.45) is -0.518. The number of Topliss-reactive ketones (excluding diaryl/α,β-unsaturated/α-hetero) is 1. The highest BCUT2D eigenvalue weighted by atomic mass is 79.9. The van der Waals surface area contributed by atoms with Gasteiger partial charge in [0.25, 0.3) is 0 Å². The average Bonchev–Trinajstić information content (AvgIpc) is 2.39. The topological polar surface area (TPSA) is 17.1 Å². The third-order valence-electron chi connectivity index (χ3n) is 2.72. The van der Waals surface area contributed by atoms with Crippen molar-refractivity contribution >= 4 is 33.3 Å². The highest BCUT2D eigenvalue weighted by Gasteiger charge is 2.21. The zero-order valence-electron chi connectivity index (χ0n) is 9.89. The largest absolute Gasteiger partial charge is 0.294 e. The predicted octanol–water partition coefficient (Wildman–Crippen LogP) is 4.95. The summed E-state index contributed by atoms with van der Waals surface area (Å²) in [5.41, 5.74) is -0.795. The molecule has 0 N–H and O–H groups in total. The van der Waals surface area contributed by atoms with E-state index >= 15 is 0 Å². The van der Waals surface area contributed by atoms with Crippen molar-refractivity contribution < 1.29 is 18.0 Å². The van der Waals surface area contributed by atoms with Crippen molar-refractivity contribution in [2.24, 2.45) is 0 Å². The Balaban J connectivity index is 2.41. The van der Waals surface area contributed by atoms with Gasteiger partial charge in [-0.25, -0.2) is 13.2 Å². The minimum atomic E-state index is -1.01. The van der Waals surface area contributed by atoms with E-state index in [1.54, 1.807) is 0 Å². The van der Waals surface area contributed by atoms with Crippen LogP contribution in [-0.4, -0.2) is 5.78 Å². The van der Waals surface area contributed by atoms with Gasteiger partial charge < -0.3 is 0 Å². The van der Waals surface area contributed by atoms with Crippen LogP contribution in [0.5, 0.6) is 0 Å². The number of carbonyl (C=O) groups excluding carboxylic acids is 1. The van der Waals surface area contributed by atoms with Crippen LogP contribution in [0.4, 0.5) is 13.2 Å². The predicted molar refractivity (Wildman–Crippen MR) is 73.5 cm³/mol. The molecule has 0 atom stereocenters. The molecule has 2 aromatic carbocycles. The first kappa shape index (κ1) is 15.1. The third kappa shape index (κ3) is 2.88. The Morgan fingerprint density at radius 3 is 2.45 bits per heavy atom. The normalized spacial score (nSPS) is 10.7. The third-order valence-corrected chi connectivity index (χ3v) is 3.69. The van der Waals surface area contributed by atoms with Crippen molar-refractivity contribution in [3.63, 3.8) is 0 Å². The van der Waals surface area contributed by atoms with E-state index in [2.05, 4.69) is 15.9 Å². The minimum Gasteiger partial charge on any atom is -0.294 e. The first-order valence-electron chi connectivity index (χ1n) is 5.51. The molecule has 0 fully saturated rings. The second-order valence-electron chi connectivity index (χ2n) is 4.02. The summed E-state index contributed by atoms with van der Waals surface area (Å²) in [7, 11) is 0. The lowest BCUT2D eigenvalue weighted by Gasteiger charge is -2.08. The van der Waals surface area contributed by atoms with Crippen LogP contribution >= 0.6 is 27.5 Å². The van der Waals surface area contributed by atoms with Crippen LogP contribution in [0.15, 0.2) is 34.8 Å². The van der Waals surface area contributed by atoms with Crippen LogP contribution in [0.25, 0.3) is 0 Å². The molecule has 6 heteroatoms. The van der Waals surface area contributed by atoms with Gasteiger partial charge in [0.15, 0.2) is 11.6 Å². The Hall–Kier alpha value is -1.33. The minimum absolute atomic E-state index is 0.0363. The molecule has 0 spiro atoms. The maximum atomic E-state index is 13.8. The van der Waals surface area contributed by atoms with Crippen LogP contribution in [0.1, 0.15) is 15.9 Å². The number of hydrogen-bond acceptors (Lipinski definition) is 1. The molecule has 0 unspecified atom stereocenters. The molecular weight excluding hydrogens is 357 g/mol. The molecular formula is C14H7BrClF3O. The second kappa shape index (κ2) is 5.97. The van der Waals surface area contributed by atoms with Gasteiger partial charge in [-0.15, -0.1) is 0 Å². The number of carbonyl (C=O) groups is 1. The van der Waals surface area contributed by atoms with E-state index in [0.29, 0.717) is 0 Å². The molecule has 0 aliphatic rings. The number of benzene rings is 2.